The lowest BCUT2D eigenvalue weighted by Crippen LogP contribution is -2.40. The third-order valence-electron chi connectivity index (χ3n) is 5.83. The number of carbonyl (C=O) groups is 1. The zero-order chi connectivity index (χ0) is 21.4. The topological polar surface area (TPSA) is 80.1 Å². The van der Waals surface area contributed by atoms with Crippen molar-refractivity contribution in [2.75, 3.05) is 13.6 Å². The predicted molar refractivity (Wildman–Crippen MR) is 122 cm³/mol. The molecule has 0 saturated carbocycles. The summed E-state index contributed by atoms with van der Waals surface area (Å²) in [4.78, 5) is 32.8. The van der Waals surface area contributed by atoms with Crippen molar-refractivity contribution in [3.63, 3.8) is 0 Å². The van der Waals surface area contributed by atoms with Crippen LogP contribution in [0.15, 0.2) is 53.3 Å². The maximum absolute atomic E-state index is 13.2. The molecule has 31 heavy (non-hydrogen) atoms. The summed E-state index contributed by atoms with van der Waals surface area (Å²) in [6.07, 6.45) is 3.18. The molecule has 2 aromatic carbocycles. The van der Waals surface area contributed by atoms with Gasteiger partial charge in [0.15, 0.2) is 5.69 Å². The molecule has 8 heteroatoms. The number of benzene rings is 2. The van der Waals surface area contributed by atoms with Crippen LogP contribution >= 0.6 is 11.3 Å². The Hall–Kier alpha value is -3.10. The van der Waals surface area contributed by atoms with E-state index in [2.05, 4.69) is 21.4 Å². The van der Waals surface area contributed by atoms with Gasteiger partial charge in [0.25, 0.3) is 11.5 Å². The van der Waals surface area contributed by atoms with E-state index in [1.807, 2.05) is 30.3 Å². The van der Waals surface area contributed by atoms with E-state index >= 15 is 0 Å². The van der Waals surface area contributed by atoms with E-state index < -0.39 is 0 Å². The molecule has 0 bridgehead atoms. The second kappa shape index (κ2) is 8.20. The summed E-state index contributed by atoms with van der Waals surface area (Å²) in [6, 6.07) is 15.4. The lowest BCUT2D eigenvalue weighted by atomic mass is 10.0. The number of likely N-dealkylation sites (tertiary alicyclic amines) is 1. The van der Waals surface area contributed by atoms with Crippen molar-refractivity contribution in [2.24, 2.45) is 0 Å². The number of carbonyl (C=O) groups excluding carboxylic acids is 1. The smallest absolute Gasteiger partial charge is 0.275 e. The number of aromatic nitrogens is 3. The van der Waals surface area contributed by atoms with Gasteiger partial charge >= 0.3 is 0 Å². The Bertz CT molecular complexity index is 1300. The van der Waals surface area contributed by atoms with E-state index in [9.17, 15) is 9.59 Å². The van der Waals surface area contributed by atoms with Crippen molar-refractivity contribution in [1.82, 2.24) is 25.0 Å². The van der Waals surface area contributed by atoms with Crippen LogP contribution in [-0.2, 0) is 6.67 Å². The van der Waals surface area contributed by atoms with Crippen molar-refractivity contribution < 1.29 is 4.79 Å². The van der Waals surface area contributed by atoms with Gasteiger partial charge in [-0.15, -0.1) is 11.3 Å². The van der Waals surface area contributed by atoms with Gasteiger partial charge in [-0.2, -0.15) is 5.10 Å². The average molecular weight is 434 g/mol. The van der Waals surface area contributed by atoms with Gasteiger partial charge in [0.2, 0.25) is 0 Å². The third kappa shape index (κ3) is 3.62. The van der Waals surface area contributed by atoms with E-state index in [4.69, 9.17) is 4.98 Å². The molecular weight excluding hydrogens is 410 g/mol. The summed E-state index contributed by atoms with van der Waals surface area (Å²) in [7, 11) is 1.57. The summed E-state index contributed by atoms with van der Waals surface area (Å²) in [5.41, 5.74) is 1.10. The number of hydrogen-bond donors (Lipinski definition) is 1. The standard InChI is InChI=1S/C23H23N5O2S/c1-24-21(29)20-15-8-2-3-9-16(15)23(30)28(26-20)14-27-13-7-6-11-18(27)22-25-17-10-4-5-12-19(17)31-22/h2-5,8-10,12,18H,6-7,11,13-14H2,1H3,(H,24,29). The zero-order valence-corrected chi connectivity index (χ0v) is 18.1. The van der Waals surface area contributed by atoms with Crippen LogP contribution in [0.25, 0.3) is 21.0 Å². The van der Waals surface area contributed by atoms with Crippen molar-refractivity contribution in [3.8, 4) is 0 Å². The fraction of sp³-hybridized carbons (Fsp3) is 0.304. The number of hydrogen-bond acceptors (Lipinski definition) is 6. The number of rotatable bonds is 4. The molecule has 5 rings (SSSR count). The highest BCUT2D eigenvalue weighted by molar-refractivity contribution is 7.18. The molecule has 3 heterocycles. The molecule has 1 aliphatic heterocycles. The van der Waals surface area contributed by atoms with E-state index in [0.717, 1.165) is 36.3 Å². The molecule has 158 valence electrons. The van der Waals surface area contributed by atoms with Crippen LogP contribution in [-0.4, -0.2) is 39.2 Å². The van der Waals surface area contributed by atoms with Gasteiger partial charge in [-0.05, 0) is 31.0 Å². The number of para-hydroxylation sites is 1. The van der Waals surface area contributed by atoms with Gasteiger partial charge in [0.05, 0.1) is 28.3 Å². The molecule has 2 aromatic heterocycles. The van der Waals surface area contributed by atoms with Crippen molar-refractivity contribution in [3.05, 3.63) is 69.6 Å². The largest absolute Gasteiger partial charge is 0.354 e. The molecule has 0 aliphatic carbocycles. The highest BCUT2D eigenvalue weighted by atomic mass is 32.1. The summed E-state index contributed by atoms with van der Waals surface area (Å²) >= 11 is 1.71. The second-order valence-corrected chi connectivity index (χ2v) is 8.83. The minimum absolute atomic E-state index is 0.134. The zero-order valence-electron chi connectivity index (χ0n) is 17.2. The maximum atomic E-state index is 13.2. The van der Waals surface area contributed by atoms with Crippen LogP contribution in [0.5, 0.6) is 0 Å². The molecule has 1 aliphatic rings. The number of fused-ring (bicyclic) bond motifs is 2. The minimum Gasteiger partial charge on any atom is -0.354 e. The molecule has 0 spiro atoms. The summed E-state index contributed by atoms with van der Waals surface area (Å²) in [5, 5.41) is 9.25. The SMILES string of the molecule is CNC(=O)c1nn(CN2CCCCC2c2nc3ccccc3s2)c(=O)c2ccccc12. The average Bonchev–Trinajstić information content (AvgIpc) is 3.25. The Morgan fingerprint density at radius 3 is 2.71 bits per heavy atom. The van der Waals surface area contributed by atoms with Crippen LogP contribution in [0.3, 0.4) is 0 Å². The molecule has 1 amide bonds. The van der Waals surface area contributed by atoms with Crippen LogP contribution in [0.1, 0.15) is 40.8 Å². The predicted octanol–water partition coefficient (Wildman–Crippen LogP) is 3.55. The van der Waals surface area contributed by atoms with Gasteiger partial charge in [0.1, 0.15) is 5.01 Å². The highest BCUT2D eigenvalue weighted by Gasteiger charge is 2.28. The van der Waals surface area contributed by atoms with Crippen molar-refractivity contribution in [2.45, 2.75) is 32.0 Å². The Balaban J connectivity index is 1.55. The Labute approximate surface area is 183 Å². The maximum Gasteiger partial charge on any atom is 0.275 e. The lowest BCUT2D eigenvalue weighted by Gasteiger charge is -2.34. The van der Waals surface area contributed by atoms with Gasteiger partial charge in [0, 0.05) is 19.0 Å². The van der Waals surface area contributed by atoms with Crippen LogP contribution in [0.4, 0.5) is 0 Å². The molecule has 1 atom stereocenters. The van der Waals surface area contributed by atoms with Crippen molar-refractivity contribution in [1.29, 1.82) is 0 Å². The second-order valence-electron chi connectivity index (χ2n) is 7.76. The Morgan fingerprint density at radius 2 is 1.90 bits per heavy atom. The van der Waals surface area contributed by atoms with E-state index in [0.29, 0.717) is 17.4 Å². The first-order chi connectivity index (χ1) is 15.2. The number of thiazole rings is 1. The van der Waals surface area contributed by atoms with Crippen LogP contribution in [0, 0.1) is 0 Å². The molecule has 1 fully saturated rings. The first kappa shape index (κ1) is 19.8. The quantitative estimate of drug-likeness (QED) is 0.532. The molecule has 1 N–H and O–H groups in total. The van der Waals surface area contributed by atoms with E-state index in [1.54, 1.807) is 30.5 Å². The normalized spacial score (nSPS) is 17.3. The fourth-order valence-electron chi connectivity index (χ4n) is 4.26. The summed E-state index contributed by atoms with van der Waals surface area (Å²) in [5.74, 6) is -0.300. The fourth-order valence-corrected chi connectivity index (χ4v) is 5.40. The van der Waals surface area contributed by atoms with Gasteiger partial charge in [-0.1, -0.05) is 36.8 Å². The van der Waals surface area contributed by atoms with Crippen molar-refractivity contribution >= 4 is 38.2 Å². The van der Waals surface area contributed by atoms with Gasteiger partial charge in [-0.3, -0.25) is 14.5 Å². The molecule has 4 aromatic rings. The first-order valence-corrected chi connectivity index (χ1v) is 11.3. The van der Waals surface area contributed by atoms with Crippen LogP contribution < -0.4 is 10.9 Å². The molecule has 7 nitrogen and oxygen atoms in total. The first-order valence-electron chi connectivity index (χ1n) is 10.5. The summed E-state index contributed by atoms with van der Waals surface area (Å²) < 4.78 is 2.60. The molecular formula is C23H23N5O2S. The highest BCUT2D eigenvalue weighted by Crippen LogP contribution is 2.35. The van der Waals surface area contributed by atoms with Crippen LogP contribution in [0.2, 0.25) is 0 Å². The van der Waals surface area contributed by atoms with E-state index in [-0.39, 0.29) is 23.2 Å². The number of piperidine rings is 1. The molecule has 1 saturated heterocycles. The molecule has 0 radical (unpaired) electrons. The summed E-state index contributed by atoms with van der Waals surface area (Å²) in [6.45, 7) is 1.19. The minimum atomic E-state index is -0.300. The monoisotopic (exact) mass is 433 g/mol. The number of nitrogens with one attached hydrogen (secondary N) is 1. The Morgan fingerprint density at radius 1 is 1.13 bits per heavy atom. The lowest BCUT2D eigenvalue weighted by molar-refractivity contribution is 0.0933. The van der Waals surface area contributed by atoms with Gasteiger partial charge < -0.3 is 5.32 Å². The third-order valence-corrected chi connectivity index (χ3v) is 6.97. The van der Waals surface area contributed by atoms with Gasteiger partial charge in [-0.25, -0.2) is 9.67 Å². The van der Waals surface area contributed by atoms with E-state index in [1.165, 1.54) is 9.38 Å². The molecule has 1 unspecified atom stereocenters. The number of amides is 1. The Kier molecular flexibility index (Phi) is 5.25. The number of nitrogens with zero attached hydrogens (tertiary/aromatic N) is 4.